The van der Waals surface area contributed by atoms with Gasteiger partial charge < -0.3 is 9.64 Å². The number of nitrogens with one attached hydrogen (secondary N) is 1. The van der Waals surface area contributed by atoms with E-state index in [1.165, 1.54) is 19.2 Å². The Bertz CT molecular complexity index is 863. The summed E-state index contributed by atoms with van der Waals surface area (Å²) in [6, 6.07) is 13.6. The number of hydrogen-bond acceptors (Lipinski definition) is 4. The molecule has 1 fully saturated rings. The monoisotopic (exact) mass is 360 g/mol. The highest BCUT2D eigenvalue weighted by molar-refractivity contribution is 7.89. The lowest BCUT2D eigenvalue weighted by Gasteiger charge is -2.16. The van der Waals surface area contributed by atoms with Gasteiger partial charge in [-0.15, -0.1) is 0 Å². The van der Waals surface area contributed by atoms with Gasteiger partial charge in [0.15, 0.2) is 0 Å². The van der Waals surface area contributed by atoms with Gasteiger partial charge in [-0.25, -0.2) is 13.1 Å². The number of hydrogen-bond donors (Lipinski definition) is 1. The van der Waals surface area contributed by atoms with Gasteiger partial charge in [-0.2, -0.15) is 0 Å². The molecule has 1 aliphatic rings. The lowest BCUT2D eigenvalue weighted by Crippen LogP contribution is -2.25. The van der Waals surface area contributed by atoms with E-state index in [4.69, 9.17) is 4.74 Å². The van der Waals surface area contributed by atoms with E-state index in [1.807, 2.05) is 24.3 Å². The van der Waals surface area contributed by atoms with Crippen LogP contribution in [0, 0.1) is 0 Å². The molecule has 1 saturated heterocycles. The molecule has 1 N–H and O–H groups in total. The minimum atomic E-state index is -3.61. The molecule has 0 radical (unpaired) electrons. The minimum absolute atomic E-state index is 0.107. The van der Waals surface area contributed by atoms with E-state index in [9.17, 15) is 13.2 Å². The van der Waals surface area contributed by atoms with Crippen molar-refractivity contribution in [3.63, 3.8) is 0 Å². The molecule has 1 amide bonds. The number of anilines is 1. The van der Waals surface area contributed by atoms with E-state index in [-0.39, 0.29) is 17.3 Å². The first-order valence-electron chi connectivity index (χ1n) is 8.02. The SMILES string of the molecule is COc1ccc(S(=O)(=O)NCc2cccc(N3CCCC3=O)c2)cc1. The average molecular weight is 360 g/mol. The van der Waals surface area contributed by atoms with E-state index in [0.717, 1.165) is 17.7 Å². The Balaban J connectivity index is 1.71. The number of methoxy groups -OCH3 is 1. The number of nitrogens with zero attached hydrogens (tertiary/aromatic N) is 1. The Labute approximate surface area is 147 Å². The lowest BCUT2D eigenvalue weighted by atomic mass is 10.2. The van der Waals surface area contributed by atoms with Crippen LogP contribution in [0.15, 0.2) is 53.4 Å². The molecule has 132 valence electrons. The number of ether oxygens (including phenoxy) is 1. The molecule has 0 saturated carbocycles. The maximum absolute atomic E-state index is 12.4. The Morgan fingerprint density at radius 3 is 2.56 bits per heavy atom. The van der Waals surface area contributed by atoms with Crippen LogP contribution < -0.4 is 14.4 Å². The summed E-state index contributed by atoms with van der Waals surface area (Å²) in [6.45, 7) is 0.865. The quantitative estimate of drug-likeness (QED) is 0.858. The third-order valence-corrected chi connectivity index (χ3v) is 5.55. The van der Waals surface area contributed by atoms with Crippen molar-refractivity contribution in [2.45, 2.75) is 24.3 Å². The predicted octanol–water partition coefficient (Wildman–Crippen LogP) is 2.30. The van der Waals surface area contributed by atoms with Gasteiger partial charge in [-0.3, -0.25) is 4.79 Å². The van der Waals surface area contributed by atoms with Crippen LogP contribution >= 0.6 is 0 Å². The number of amides is 1. The van der Waals surface area contributed by atoms with Crippen LogP contribution in [-0.4, -0.2) is 28.0 Å². The highest BCUT2D eigenvalue weighted by atomic mass is 32.2. The zero-order valence-electron chi connectivity index (χ0n) is 13.9. The minimum Gasteiger partial charge on any atom is -0.497 e. The van der Waals surface area contributed by atoms with Crippen molar-refractivity contribution in [3.8, 4) is 5.75 Å². The fourth-order valence-electron chi connectivity index (χ4n) is 2.77. The van der Waals surface area contributed by atoms with Gasteiger partial charge >= 0.3 is 0 Å². The first-order chi connectivity index (χ1) is 12.0. The lowest BCUT2D eigenvalue weighted by molar-refractivity contribution is -0.117. The summed E-state index contributed by atoms with van der Waals surface area (Å²) in [5.74, 6) is 0.706. The molecular weight excluding hydrogens is 340 g/mol. The van der Waals surface area contributed by atoms with Crippen LogP contribution in [0.1, 0.15) is 18.4 Å². The van der Waals surface area contributed by atoms with Crippen LogP contribution in [0.3, 0.4) is 0 Å². The van der Waals surface area contributed by atoms with Crippen LogP contribution in [0.5, 0.6) is 5.75 Å². The summed E-state index contributed by atoms with van der Waals surface area (Å²) < 4.78 is 32.4. The highest BCUT2D eigenvalue weighted by Gasteiger charge is 2.22. The van der Waals surface area contributed by atoms with Gasteiger partial charge in [-0.1, -0.05) is 12.1 Å². The molecule has 0 aliphatic carbocycles. The van der Waals surface area contributed by atoms with Crippen LogP contribution in [0.25, 0.3) is 0 Å². The number of benzene rings is 2. The maximum Gasteiger partial charge on any atom is 0.240 e. The molecule has 0 unspecified atom stereocenters. The van der Waals surface area contributed by atoms with Crippen LogP contribution in [0.2, 0.25) is 0 Å². The topological polar surface area (TPSA) is 75.7 Å². The summed E-state index contributed by atoms with van der Waals surface area (Å²) in [7, 11) is -2.08. The van der Waals surface area contributed by atoms with Crippen molar-refractivity contribution in [1.29, 1.82) is 0 Å². The summed E-state index contributed by atoms with van der Waals surface area (Å²) in [4.78, 5) is 13.8. The van der Waals surface area contributed by atoms with Crippen molar-refractivity contribution in [1.82, 2.24) is 4.72 Å². The summed E-state index contributed by atoms with van der Waals surface area (Å²) in [6.07, 6.45) is 1.42. The smallest absolute Gasteiger partial charge is 0.240 e. The third kappa shape index (κ3) is 4.00. The number of carbonyl (C=O) groups is 1. The fraction of sp³-hybridized carbons (Fsp3) is 0.278. The molecule has 0 aromatic heterocycles. The highest BCUT2D eigenvalue weighted by Crippen LogP contribution is 2.22. The predicted molar refractivity (Wildman–Crippen MR) is 95.0 cm³/mol. The Morgan fingerprint density at radius 2 is 1.92 bits per heavy atom. The zero-order valence-corrected chi connectivity index (χ0v) is 14.8. The van der Waals surface area contributed by atoms with Crippen molar-refractivity contribution in [3.05, 3.63) is 54.1 Å². The summed E-state index contributed by atoms with van der Waals surface area (Å²) in [5, 5.41) is 0. The molecule has 3 rings (SSSR count). The molecule has 1 heterocycles. The molecule has 2 aromatic carbocycles. The Hall–Kier alpha value is -2.38. The molecule has 25 heavy (non-hydrogen) atoms. The Kier molecular flexibility index (Phi) is 5.06. The van der Waals surface area contributed by atoms with Gasteiger partial charge in [0.1, 0.15) is 5.75 Å². The second-order valence-electron chi connectivity index (χ2n) is 5.82. The van der Waals surface area contributed by atoms with Crippen molar-refractivity contribution >= 4 is 21.6 Å². The van der Waals surface area contributed by atoms with Crippen molar-refractivity contribution in [2.24, 2.45) is 0 Å². The number of sulfonamides is 1. The fourth-order valence-corrected chi connectivity index (χ4v) is 3.79. The van der Waals surface area contributed by atoms with Gasteiger partial charge in [0.25, 0.3) is 0 Å². The molecule has 6 nitrogen and oxygen atoms in total. The maximum atomic E-state index is 12.4. The summed E-state index contributed by atoms with van der Waals surface area (Å²) in [5.41, 5.74) is 1.61. The molecular formula is C18H20N2O4S. The van der Waals surface area contributed by atoms with Crippen molar-refractivity contribution < 1.29 is 17.9 Å². The average Bonchev–Trinajstić information content (AvgIpc) is 3.06. The molecule has 7 heteroatoms. The third-order valence-electron chi connectivity index (χ3n) is 4.13. The molecule has 0 spiro atoms. The van der Waals surface area contributed by atoms with Gasteiger partial charge in [-0.05, 0) is 48.4 Å². The molecule has 0 bridgehead atoms. The second-order valence-corrected chi connectivity index (χ2v) is 7.59. The first kappa shape index (κ1) is 17.4. The normalized spacial score (nSPS) is 14.8. The Morgan fingerprint density at radius 1 is 1.16 bits per heavy atom. The number of rotatable bonds is 6. The first-order valence-corrected chi connectivity index (χ1v) is 9.51. The van der Waals surface area contributed by atoms with E-state index in [0.29, 0.717) is 18.7 Å². The molecule has 0 atom stereocenters. The zero-order chi connectivity index (χ0) is 17.9. The van der Waals surface area contributed by atoms with E-state index < -0.39 is 10.0 Å². The van der Waals surface area contributed by atoms with Crippen LogP contribution in [-0.2, 0) is 21.4 Å². The van der Waals surface area contributed by atoms with E-state index in [1.54, 1.807) is 17.0 Å². The van der Waals surface area contributed by atoms with Gasteiger partial charge in [0.05, 0.1) is 12.0 Å². The van der Waals surface area contributed by atoms with Crippen LogP contribution in [0.4, 0.5) is 5.69 Å². The summed E-state index contributed by atoms with van der Waals surface area (Å²) >= 11 is 0. The second kappa shape index (κ2) is 7.25. The van der Waals surface area contributed by atoms with Gasteiger partial charge in [0, 0.05) is 25.2 Å². The largest absolute Gasteiger partial charge is 0.497 e. The standard InChI is InChI=1S/C18H20N2O4S/c1-24-16-7-9-17(10-8-16)25(22,23)19-13-14-4-2-5-15(12-14)20-11-3-6-18(20)21/h2,4-5,7-10,12,19H,3,6,11,13H2,1H3. The van der Waals surface area contributed by atoms with E-state index >= 15 is 0 Å². The van der Waals surface area contributed by atoms with Crippen molar-refractivity contribution in [2.75, 3.05) is 18.6 Å². The van der Waals surface area contributed by atoms with Gasteiger partial charge in [0.2, 0.25) is 15.9 Å². The van der Waals surface area contributed by atoms with E-state index in [2.05, 4.69) is 4.72 Å². The number of carbonyl (C=O) groups excluding carboxylic acids is 1. The molecule has 1 aliphatic heterocycles. The molecule has 2 aromatic rings.